The molecule has 0 spiro atoms. The highest BCUT2D eigenvalue weighted by atomic mass is 16.3. The first-order chi connectivity index (χ1) is 14.6. The fourth-order valence-electron chi connectivity index (χ4n) is 2.93. The molecule has 4 rings (SSSR count). The summed E-state index contributed by atoms with van der Waals surface area (Å²) >= 11 is 0. The molecule has 0 aliphatic carbocycles. The van der Waals surface area contributed by atoms with Crippen LogP contribution >= 0.6 is 0 Å². The molecule has 2 N–H and O–H groups in total. The number of nitrogens with zero attached hydrogens (tertiary/aromatic N) is 3. The molecule has 30 heavy (non-hydrogen) atoms. The molecule has 8 nitrogen and oxygen atoms in total. The standard InChI is InChI=1S/C22H19N5O3/c1-15(16-6-10-19(11-7-16)27-14-23-13-24-27)25-21(28)17-4-8-18(9-5-17)26-22(29)20-3-2-12-30-20/h2-15H,1H3,(H,25,28)(H,26,29)/t15-/m1/s1. The van der Waals surface area contributed by atoms with Crippen molar-refractivity contribution in [2.24, 2.45) is 0 Å². The van der Waals surface area contributed by atoms with Crippen LogP contribution in [0.15, 0.2) is 84.0 Å². The Morgan fingerprint density at radius 1 is 1.00 bits per heavy atom. The first kappa shape index (κ1) is 19.1. The third-order valence-corrected chi connectivity index (χ3v) is 4.57. The highest BCUT2D eigenvalue weighted by molar-refractivity contribution is 6.02. The number of rotatable bonds is 6. The first-order valence-electron chi connectivity index (χ1n) is 9.31. The molecule has 2 heterocycles. The zero-order valence-corrected chi connectivity index (χ0v) is 16.1. The summed E-state index contributed by atoms with van der Waals surface area (Å²) in [5.41, 5.74) is 2.93. The maximum atomic E-state index is 12.6. The number of furan rings is 1. The molecule has 0 bridgehead atoms. The average Bonchev–Trinajstić information content (AvgIpc) is 3.48. The second-order valence-corrected chi connectivity index (χ2v) is 6.64. The topological polar surface area (TPSA) is 102 Å². The van der Waals surface area contributed by atoms with E-state index in [2.05, 4.69) is 20.7 Å². The van der Waals surface area contributed by atoms with Crippen LogP contribution in [0.5, 0.6) is 0 Å². The Kier molecular flexibility index (Phi) is 5.38. The van der Waals surface area contributed by atoms with Crippen molar-refractivity contribution in [3.8, 4) is 5.69 Å². The highest BCUT2D eigenvalue weighted by Gasteiger charge is 2.13. The smallest absolute Gasteiger partial charge is 0.291 e. The van der Waals surface area contributed by atoms with E-state index in [1.807, 2.05) is 31.2 Å². The number of benzene rings is 2. The zero-order chi connectivity index (χ0) is 20.9. The van der Waals surface area contributed by atoms with Crippen molar-refractivity contribution in [3.63, 3.8) is 0 Å². The van der Waals surface area contributed by atoms with Gasteiger partial charge in [0.25, 0.3) is 11.8 Å². The Hall–Kier alpha value is -4.20. The summed E-state index contributed by atoms with van der Waals surface area (Å²) in [4.78, 5) is 28.5. The van der Waals surface area contributed by atoms with Crippen molar-refractivity contribution in [2.45, 2.75) is 13.0 Å². The molecule has 0 aliphatic rings. The molecule has 2 aromatic heterocycles. The Labute approximate surface area is 172 Å². The van der Waals surface area contributed by atoms with Gasteiger partial charge in [-0.1, -0.05) is 12.1 Å². The summed E-state index contributed by atoms with van der Waals surface area (Å²) in [6.07, 6.45) is 4.54. The van der Waals surface area contributed by atoms with Gasteiger partial charge in [0, 0.05) is 11.3 Å². The van der Waals surface area contributed by atoms with Crippen LogP contribution in [0.25, 0.3) is 5.69 Å². The minimum atomic E-state index is -0.347. The Bertz CT molecular complexity index is 1120. The molecule has 0 fully saturated rings. The quantitative estimate of drug-likeness (QED) is 0.514. The predicted molar refractivity (Wildman–Crippen MR) is 110 cm³/mol. The van der Waals surface area contributed by atoms with Gasteiger partial charge in [-0.2, -0.15) is 5.10 Å². The Balaban J connectivity index is 1.36. The van der Waals surface area contributed by atoms with E-state index in [4.69, 9.17) is 4.42 Å². The van der Waals surface area contributed by atoms with E-state index >= 15 is 0 Å². The molecule has 0 aliphatic heterocycles. The molecule has 2 amide bonds. The van der Waals surface area contributed by atoms with Gasteiger partial charge < -0.3 is 15.1 Å². The average molecular weight is 401 g/mol. The van der Waals surface area contributed by atoms with Gasteiger partial charge in [0.1, 0.15) is 12.7 Å². The highest BCUT2D eigenvalue weighted by Crippen LogP contribution is 2.17. The number of aromatic nitrogens is 3. The normalized spacial score (nSPS) is 11.6. The van der Waals surface area contributed by atoms with Gasteiger partial charge in [-0.15, -0.1) is 0 Å². The summed E-state index contributed by atoms with van der Waals surface area (Å²) in [7, 11) is 0. The summed E-state index contributed by atoms with van der Waals surface area (Å²) in [6, 6.07) is 17.4. The summed E-state index contributed by atoms with van der Waals surface area (Å²) < 4.78 is 6.73. The SMILES string of the molecule is C[C@@H](NC(=O)c1ccc(NC(=O)c2ccco2)cc1)c1ccc(-n2cncn2)cc1. The molecule has 2 aromatic carbocycles. The van der Waals surface area contributed by atoms with Crippen molar-refractivity contribution in [2.75, 3.05) is 5.32 Å². The molecule has 0 saturated heterocycles. The van der Waals surface area contributed by atoms with E-state index in [9.17, 15) is 9.59 Å². The van der Waals surface area contributed by atoms with E-state index in [-0.39, 0.29) is 23.6 Å². The van der Waals surface area contributed by atoms with Crippen LogP contribution in [0.3, 0.4) is 0 Å². The van der Waals surface area contributed by atoms with E-state index in [1.165, 1.54) is 12.6 Å². The van der Waals surface area contributed by atoms with Crippen molar-refractivity contribution in [3.05, 3.63) is 96.5 Å². The summed E-state index contributed by atoms with van der Waals surface area (Å²) in [6.45, 7) is 1.92. The number of nitrogens with one attached hydrogen (secondary N) is 2. The fourth-order valence-corrected chi connectivity index (χ4v) is 2.93. The molecule has 4 aromatic rings. The number of hydrogen-bond acceptors (Lipinski definition) is 5. The van der Waals surface area contributed by atoms with Crippen LogP contribution in [-0.4, -0.2) is 26.6 Å². The number of carbonyl (C=O) groups is 2. The van der Waals surface area contributed by atoms with Crippen LogP contribution < -0.4 is 10.6 Å². The maximum Gasteiger partial charge on any atom is 0.291 e. The maximum absolute atomic E-state index is 12.6. The fraction of sp³-hybridized carbons (Fsp3) is 0.0909. The van der Waals surface area contributed by atoms with Crippen molar-refractivity contribution >= 4 is 17.5 Å². The Morgan fingerprint density at radius 2 is 1.77 bits per heavy atom. The van der Waals surface area contributed by atoms with Crippen LogP contribution in [0.4, 0.5) is 5.69 Å². The third kappa shape index (κ3) is 4.27. The summed E-state index contributed by atoms with van der Waals surface area (Å²) in [5, 5.41) is 9.78. The van der Waals surface area contributed by atoms with Crippen molar-refractivity contribution < 1.29 is 14.0 Å². The summed E-state index contributed by atoms with van der Waals surface area (Å²) in [5.74, 6) is -0.326. The van der Waals surface area contributed by atoms with Gasteiger partial charge in [-0.3, -0.25) is 9.59 Å². The van der Waals surface area contributed by atoms with Crippen LogP contribution in [0.2, 0.25) is 0 Å². The third-order valence-electron chi connectivity index (χ3n) is 4.57. The van der Waals surface area contributed by atoms with Gasteiger partial charge in [0.2, 0.25) is 0 Å². The van der Waals surface area contributed by atoms with Crippen LogP contribution in [-0.2, 0) is 0 Å². The second kappa shape index (κ2) is 8.44. The number of carbonyl (C=O) groups excluding carboxylic acids is 2. The van der Waals surface area contributed by atoms with Crippen molar-refractivity contribution in [1.82, 2.24) is 20.1 Å². The molecule has 1 atom stereocenters. The monoisotopic (exact) mass is 401 g/mol. The molecule has 8 heteroatoms. The van der Waals surface area contributed by atoms with Gasteiger partial charge in [-0.25, -0.2) is 9.67 Å². The van der Waals surface area contributed by atoms with E-state index < -0.39 is 0 Å². The van der Waals surface area contributed by atoms with E-state index in [1.54, 1.807) is 47.4 Å². The lowest BCUT2D eigenvalue weighted by Crippen LogP contribution is -2.26. The predicted octanol–water partition coefficient (Wildman–Crippen LogP) is 3.60. The first-order valence-corrected chi connectivity index (χ1v) is 9.31. The molecule has 0 radical (unpaired) electrons. The number of hydrogen-bond donors (Lipinski definition) is 2. The van der Waals surface area contributed by atoms with Gasteiger partial charge in [0.15, 0.2) is 5.76 Å². The van der Waals surface area contributed by atoms with Gasteiger partial charge >= 0.3 is 0 Å². The molecular weight excluding hydrogens is 382 g/mol. The lowest BCUT2D eigenvalue weighted by atomic mass is 10.1. The van der Waals surface area contributed by atoms with Crippen molar-refractivity contribution in [1.29, 1.82) is 0 Å². The molecular formula is C22H19N5O3. The minimum Gasteiger partial charge on any atom is -0.459 e. The largest absolute Gasteiger partial charge is 0.459 e. The molecule has 0 unspecified atom stereocenters. The lowest BCUT2D eigenvalue weighted by Gasteiger charge is -2.15. The van der Waals surface area contributed by atoms with Gasteiger partial charge in [0.05, 0.1) is 18.0 Å². The van der Waals surface area contributed by atoms with E-state index in [0.717, 1.165) is 11.3 Å². The number of amides is 2. The van der Waals surface area contributed by atoms with Crippen LogP contribution in [0, 0.1) is 0 Å². The Morgan fingerprint density at radius 3 is 2.40 bits per heavy atom. The lowest BCUT2D eigenvalue weighted by molar-refractivity contribution is 0.0939. The van der Waals surface area contributed by atoms with Crippen LogP contribution in [0.1, 0.15) is 39.4 Å². The molecule has 150 valence electrons. The molecule has 0 saturated carbocycles. The minimum absolute atomic E-state index is 0.180. The van der Waals surface area contributed by atoms with Gasteiger partial charge in [-0.05, 0) is 61.0 Å². The number of anilines is 1. The van der Waals surface area contributed by atoms with E-state index in [0.29, 0.717) is 11.3 Å². The zero-order valence-electron chi connectivity index (χ0n) is 16.1. The second-order valence-electron chi connectivity index (χ2n) is 6.64.